The Labute approximate surface area is 127 Å². The molecule has 4 nitrogen and oxygen atoms in total. The Morgan fingerprint density at radius 2 is 2.05 bits per heavy atom. The van der Waals surface area contributed by atoms with Gasteiger partial charge < -0.3 is 4.90 Å². The van der Waals surface area contributed by atoms with Crippen LogP contribution in [-0.4, -0.2) is 17.0 Å². The summed E-state index contributed by atoms with van der Waals surface area (Å²) in [5.41, 5.74) is 5.18. The molecule has 0 saturated heterocycles. The SMILES string of the molecule is Cc1cccc2c1N(C(C)(C)C(=O)NN)C(C)(C)C[C@@H]2C. The summed E-state index contributed by atoms with van der Waals surface area (Å²) in [5, 5.41) is 0. The van der Waals surface area contributed by atoms with Crippen molar-refractivity contribution in [3.05, 3.63) is 29.3 Å². The number of hydrogen-bond donors (Lipinski definition) is 2. The molecule has 0 aliphatic carbocycles. The van der Waals surface area contributed by atoms with Crippen LogP contribution < -0.4 is 16.2 Å². The minimum absolute atomic E-state index is 0.117. The molecule has 0 bridgehead atoms. The fourth-order valence-corrected chi connectivity index (χ4v) is 3.95. The number of benzene rings is 1. The first-order chi connectivity index (χ1) is 9.63. The number of hydrogen-bond acceptors (Lipinski definition) is 3. The van der Waals surface area contributed by atoms with E-state index in [4.69, 9.17) is 5.84 Å². The minimum Gasteiger partial charge on any atom is -0.352 e. The van der Waals surface area contributed by atoms with Crippen molar-refractivity contribution < 1.29 is 4.79 Å². The fraction of sp³-hybridized carbons (Fsp3) is 0.588. The lowest BCUT2D eigenvalue weighted by molar-refractivity contribution is -0.126. The summed E-state index contributed by atoms with van der Waals surface area (Å²) >= 11 is 0. The van der Waals surface area contributed by atoms with Crippen molar-refractivity contribution in [3.8, 4) is 0 Å². The lowest BCUT2D eigenvalue weighted by Crippen LogP contribution is -2.65. The van der Waals surface area contributed by atoms with Gasteiger partial charge >= 0.3 is 0 Å². The zero-order valence-corrected chi connectivity index (χ0v) is 13.9. The third-order valence-electron chi connectivity index (χ3n) is 4.68. The van der Waals surface area contributed by atoms with E-state index in [1.54, 1.807) is 0 Å². The molecule has 0 radical (unpaired) electrons. The number of carbonyl (C=O) groups excluding carboxylic acids is 1. The number of rotatable bonds is 2. The Balaban J connectivity index is 2.69. The normalized spacial score (nSPS) is 20.9. The van der Waals surface area contributed by atoms with Crippen LogP contribution in [0.1, 0.15) is 58.1 Å². The van der Waals surface area contributed by atoms with Crippen LogP contribution in [0.2, 0.25) is 0 Å². The summed E-state index contributed by atoms with van der Waals surface area (Å²) in [5.74, 6) is 5.72. The van der Waals surface area contributed by atoms with E-state index in [0.717, 1.165) is 6.42 Å². The number of nitrogens with one attached hydrogen (secondary N) is 1. The molecular weight excluding hydrogens is 262 g/mol. The number of nitrogens with two attached hydrogens (primary N) is 1. The van der Waals surface area contributed by atoms with E-state index in [1.807, 2.05) is 13.8 Å². The van der Waals surface area contributed by atoms with Crippen LogP contribution in [0.25, 0.3) is 0 Å². The molecule has 2 rings (SSSR count). The Morgan fingerprint density at radius 1 is 1.43 bits per heavy atom. The molecule has 1 amide bonds. The van der Waals surface area contributed by atoms with E-state index in [1.165, 1.54) is 16.8 Å². The maximum atomic E-state index is 12.3. The first-order valence-electron chi connectivity index (χ1n) is 7.54. The van der Waals surface area contributed by atoms with E-state index in [0.29, 0.717) is 5.92 Å². The van der Waals surface area contributed by atoms with Crippen LogP contribution in [0.3, 0.4) is 0 Å². The number of nitrogens with zero attached hydrogens (tertiary/aromatic N) is 1. The van der Waals surface area contributed by atoms with Gasteiger partial charge in [0.2, 0.25) is 0 Å². The van der Waals surface area contributed by atoms with Crippen molar-refractivity contribution in [2.75, 3.05) is 4.90 Å². The van der Waals surface area contributed by atoms with Crippen molar-refractivity contribution in [1.82, 2.24) is 5.43 Å². The molecular formula is C17H27N3O. The van der Waals surface area contributed by atoms with E-state index in [9.17, 15) is 4.79 Å². The summed E-state index contributed by atoms with van der Waals surface area (Å²) in [7, 11) is 0. The monoisotopic (exact) mass is 289 g/mol. The second-order valence-electron chi connectivity index (χ2n) is 7.30. The van der Waals surface area contributed by atoms with Crippen molar-refractivity contribution >= 4 is 11.6 Å². The van der Waals surface area contributed by atoms with Gasteiger partial charge in [-0.05, 0) is 58.1 Å². The van der Waals surface area contributed by atoms with Crippen LogP contribution in [0, 0.1) is 6.92 Å². The van der Waals surface area contributed by atoms with E-state index in [2.05, 4.69) is 56.2 Å². The van der Waals surface area contributed by atoms with E-state index >= 15 is 0 Å². The fourth-order valence-electron chi connectivity index (χ4n) is 3.95. The zero-order chi connectivity index (χ0) is 16.0. The molecule has 1 aliphatic rings. The molecule has 4 heteroatoms. The van der Waals surface area contributed by atoms with Gasteiger partial charge in [-0.25, -0.2) is 5.84 Å². The first kappa shape index (κ1) is 15.8. The molecule has 1 atom stereocenters. The summed E-state index contributed by atoms with van der Waals surface area (Å²) in [6.45, 7) is 12.6. The third-order valence-corrected chi connectivity index (χ3v) is 4.68. The number of fused-ring (bicyclic) bond motifs is 1. The molecule has 0 fully saturated rings. The van der Waals surface area contributed by atoms with Crippen LogP contribution in [-0.2, 0) is 4.79 Å². The maximum absolute atomic E-state index is 12.3. The quantitative estimate of drug-likeness (QED) is 0.500. The molecule has 0 aromatic heterocycles. The average molecular weight is 289 g/mol. The standard InChI is InChI=1S/C17H27N3O/c1-11-8-7-9-13-12(2)10-16(3,4)20(14(11)13)17(5,6)15(21)19-18/h7-9,12H,10,18H2,1-6H3,(H,19,21)/t12-/m0/s1. The smallest absolute Gasteiger partial charge is 0.259 e. The average Bonchev–Trinajstić information content (AvgIpc) is 2.37. The lowest BCUT2D eigenvalue weighted by Gasteiger charge is -2.54. The highest BCUT2D eigenvalue weighted by atomic mass is 16.2. The highest BCUT2D eigenvalue weighted by Crippen LogP contribution is 2.48. The van der Waals surface area contributed by atoms with Crippen LogP contribution in [0.4, 0.5) is 5.69 Å². The third kappa shape index (κ3) is 2.42. The predicted molar refractivity (Wildman–Crippen MR) is 87.2 cm³/mol. The number of anilines is 1. The van der Waals surface area contributed by atoms with Crippen molar-refractivity contribution in [2.24, 2.45) is 5.84 Å². The highest BCUT2D eigenvalue weighted by molar-refractivity contribution is 5.90. The molecule has 1 aromatic carbocycles. The van der Waals surface area contributed by atoms with E-state index in [-0.39, 0.29) is 11.4 Å². The highest BCUT2D eigenvalue weighted by Gasteiger charge is 2.47. The molecule has 0 unspecified atom stereocenters. The Hall–Kier alpha value is -1.55. The summed E-state index contributed by atoms with van der Waals surface area (Å²) < 4.78 is 0. The van der Waals surface area contributed by atoms with Gasteiger partial charge in [0.25, 0.3) is 5.91 Å². The summed E-state index contributed by atoms with van der Waals surface area (Å²) in [6, 6.07) is 6.37. The number of para-hydroxylation sites is 1. The van der Waals surface area contributed by atoms with Gasteiger partial charge in [-0.3, -0.25) is 10.2 Å². The van der Waals surface area contributed by atoms with Crippen LogP contribution >= 0.6 is 0 Å². The minimum atomic E-state index is -0.709. The summed E-state index contributed by atoms with van der Waals surface area (Å²) in [6.07, 6.45) is 1.00. The predicted octanol–water partition coefficient (Wildman–Crippen LogP) is 2.86. The molecule has 116 valence electrons. The molecule has 0 saturated carbocycles. The maximum Gasteiger partial charge on any atom is 0.259 e. The lowest BCUT2D eigenvalue weighted by atomic mass is 9.76. The van der Waals surface area contributed by atoms with E-state index < -0.39 is 5.54 Å². The van der Waals surface area contributed by atoms with Crippen LogP contribution in [0.5, 0.6) is 0 Å². The van der Waals surface area contributed by atoms with Gasteiger partial charge in [0.1, 0.15) is 5.54 Å². The molecule has 1 aromatic rings. The van der Waals surface area contributed by atoms with Gasteiger partial charge in [0.05, 0.1) is 0 Å². The molecule has 1 heterocycles. The first-order valence-corrected chi connectivity index (χ1v) is 7.54. The Morgan fingerprint density at radius 3 is 2.62 bits per heavy atom. The van der Waals surface area contributed by atoms with Gasteiger partial charge in [0, 0.05) is 11.2 Å². The largest absolute Gasteiger partial charge is 0.352 e. The number of amides is 1. The number of hydrazine groups is 1. The van der Waals surface area contributed by atoms with Gasteiger partial charge in [0.15, 0.2) is 0 Å². The Bertz CT molecular complexity index is 563. The Kier molecular flexibility index (Phi) is 3.79. The topological polar surface area (TPSA) is 58.4 Å². The number of carbonyl (C=O) groups is 1. The second-order valence-corrected chi connectivity index (χ2v) is 7.30. The molecule has 0 spiro atoms. The second kappa shape index (κ2) is 5.02. The zero-order valence-electron chi connectivity index (χ0n) is 13.9. The van der Waals surface area contributed by atoms with Gasteiger partial charge in [-0.1, -0.05) is 25.1 Å². The molecule has 3 N–H and O–H groups in total. The molecule has 1 aliphatic heterocycles. The van der Waals surface area contributed by atoms with Crippen molar-refractivity contribution in [2.45, 2.75) is 65.0 Å². The van der Waals surface area contributed by atoms with Gasteiger partial charge in [-0.2, -0.15) is 0 Å². The summed E-state index contributed by atoms with van der Waals surface area (Å²) in [4.78, 5) is 14.6. The number of aryl methyl sites for hydroxylation is 1. The van der Waals surface area contributed by atoms with Crippen LogP contribution in [0.15, 0.2) is 18.2 Å². The van der Waals surface area contributed by atoms with Crippen molar-refractivity contribution in [1.29, 1.82) is 0 Å². The van der Waals surface area contributed by atoms with Gasteiger partial charge in [-0.15, -0.1) is 0 Å². The van der Waals surface area contributed by atoms with Crippen molar-refractivity contribution in [3.63, 3.8) is 0 Å². The molecule has 21 heavy (non-hydrogen) atoms.